The number of amides is 1. The number of carbonyl (C=O) groups excluding carboxylic acids is 1. The number of carbonyl (C=O) groups is 1. The van der Waals surface area contributed by atoms with Crippen LogP contribution in [0.4, 0.5) is 10.1 Å². The minimum atomic E-state index is -0.252. The first-order valence-electron chi connectivity index (χ1n) is 13.5. The van der Waals surface area contributed by atoms with Crippen molar-refractivity contribution < 1.29 is 9.18 Å². The van der Waals surface area contributed by atoms with Crippen LogP contribution >= 0.6 is 0 Å². The van der Waals surface area contributed by atoms with Gasteiger partial charge >= 0.3 is 0 Å². The van der Waals surface area contributed by atoms with Crippen LogP contribution in [0.5, 0.6) is 0 Å². The average molecular weight is 531 g/mol. The predicted molar refractivity (Wildman–Crippen MR) is 155 cm³/mol. The van der Waals surface area contributed by atoms with Crippen LogP contribution in [0.2, 0.25) is 0 Å². The lowest BCUT2D eigenvalue weighted by atomic mass is 9.99. The Morgan fingerprint density at radius 3 is 2.67 bits per heavy atom. The monoisotopic (exact) mass is 530 g/mol. The molecule has 0 radical (unpaired) electrons. The molecule has 8 heteroatoms. The van der Waals surface area contributed by atoms with Gasteiger partial charge in [0.05, 0.1) is 35.0 Å². The summed E-state index contributed by atoms with van der Waals surface area (Å²) in [5, 5.41) is 12.6. The Morgan fingerprint density at radius 2 is 1.82 bits per heavy atom. The van der Waals surface area contributed by atoms with Gasteiger partial charge in [-0.25, -0.2) is 4.39 Å². The molecule has 1 aliphatic rings. The highest BCUT2D eigenvalue weighted by atomic mass is 19.1. The lowest BCUT2D eigenvalue weighted by Gasteiger charge is -2.11. The number of benzene rings is 2. The van der Waals surface area contributed by atoms with Crippen molar-refractivity contribution in [1.82, 2.24) is 25.1 Å². The summed E-state index contributed by atoms with van der Waals surface area (Å²) < 4.78 is 14.2. The first kappa shape index (κ1) is 24.2. The molecular weight excluding hydrogens is 503 g/mol. The normalized spacial score (nSPS) is 13.8. The first-order chi connectivity index (χ1) is 19.5. The fourth-order valence-corrected chi connectivity index (χ4v) is 5.79. The van der Waals surface area contributed by atoms with Gasteiger partial charge in [-0.3, -0.25) is 19.9 Å². The third-order valence-corrected chi connectivity index (χ3v) is 7.75. The molecule has 0 aliphatic heterocycles. The second-order valence-corrected chi connectivity index (χ2v) is 10.6. The van der Waals surface area contributed by atoms with Crippen molar-refractivity contribution in [2.75, 3.05) is 5.32 Å². The van der Waals surface area contributed by atoms with Gasteiger partial charge in [0.2, 0.25) is 5.91 Å². The van der Waals surface area contributed by atoms with E-state index in [0.29, 0.717) is 5.69 Å². The Bertz CT molecular complexity index is 1880. The van der Waals surface area contributed by atoms with Gasteiger partial charge < -0.3 is 10.3 Å². The van der Waals surface area contributed by atoms with Gasteiger partial charge in [0.15, 0.2) is 0 Å². The molecule has 0 bridgehead atoms. The van der Waals surface area contributed by atoms with Crippen molar-refractivity contribution in [3.63, 3.8) is 0 Å². The zero-order valence-electron chi connectivity index (χ0n) is 22.0. The molecule has 3 N–H and O–H groups in total. The molecule has 198 valence electrons. The van der Waals surface area contributed by atoms with Gasteiger partial charge in [-0.15, -0.1) is 0 Å². The number of aryl methyl sites for hydroxylation is 1. The van der Waals surface area contributed by atoms with Gasteiger partial charge in [0.25, 0.3) is 0 Å². The van der Waals surface area contributed by atoms with Crippen molar-refractivity contribution >= 4 is 33.4 Å². The van der Waals surface area contributed by atoms with E-state index in [-0.39, 0.29) is 17.6 Å². The van der Waals surface area contributed by atoms with Crippen LogP contribution in [0.15, 0.2) is 73.2 Å². The number of aromatic nitrogens is 5. The fraction of sp³-hybridized carbons (Fsp3) is 0.188. The van der Waals surface area contributed by atoms with Crippen LogP contribution in [0.25, 0.3) is 55.6 Å². The summed E-state index contributed by atoms with van der Waals surface area (Å²) in [6.45, 7) is 1.89. The van der Waals surface area contributed by atoms with Gasteiger partial charge in [-0.2, -0.15) is 5.10 Å². The SMILES string of the molecule is Cc1cc(F)cc(-c2cccc3[nH]c(-c4n[nH]c5cnc(-c6cncc(NC(=O)C7CCCC7)c6)cc45)cc23)c1. The van der Waals surface area contributed by atoms with E-state index in [1.807, 2.05) is 43.3 Å². The molecule has 4 heterocycles. The number of fused-ring (bicyclic) bond motifs is 2. The molecule has 1 aliphatic carbocycles. The molecular formula is C32H27FN6O. The van der Waals surface area contributed by atoms with E-state index in [1.165, 1.54) is 6.07 Å². The molecule has 7 nitrogen and oxygen atoms in total. The molecule has 0 spiro atoms. The van der Waals surface area contributed by atoms with Crippen LogP contribution in [-0.4, -0.2) is 31.1 Å². The van der Waals surface area contributed by atoms with E-state index in [9.17, 15) is 9.18 Å². The van der Waals surface area contributed by atoms with Crippen LogP contribution in [-0.2, 0) is 4.79 Å². The van der Waals surface area contributed by atoms with Crippen LogP contribution in [0.1, 0.15) is 31.2 Å². The van der Waals surface area contributed by atoms with Gasteiger partial charge in [-0.05, 0) is 72.9 Å². The molecule has 0 unspecified atom stereocenters. The molecule has 0 saturated heterocycles. The number of anilines is 1. The van der Waals surface area contributed by atoms with Crippen molar-refractivity contribution in [2.24, 2.45) is 5.92 Å². The summed E-state index contributed by atoms with van der Waals surface area (Å²) >= 11 is 0. The van der Waals surface area contributed by atoms with Crippen LogP contribution in [0.3, 0.4) is 0 Å². The second kappa shape index (κ2) is 9.72. The topological polar surface area (TPSA) is 99.3 Å². The van der Waals surface area contributed by atoms with E-state index in [0.717, 1.165) is 86.8 Å². The summed E-state index contributed by atoms with van der Waals surface area (Å²) in [6, 6.07) is 17.0. The first-order valence-corrected chi connectivity index (χ1v) is 13.5. The Kier molecular flexibility index (Phi) is 5.88. The fourth-order valence-electron chi connectivity index (χ4n) is 5.79. The van der Waals surface area contributed by atoms with Crippen LogP contribution < -0.4 is 5.32 Å². The smallest absolute Gasteiger partial charge is 0.227 e. The maximum atomic E-state index is 14.2. The van der Waals surface area contributed by atoms with Crippen LogP contribution in [0, 0.1) is 18.7 Å². The molecule has 2 aromatic carbocycles. The number of rotatable bonds is 5. The predicted octanol–water partition coefficient (Wildman–Crippen LogP) is 7.41. The summed E-state index contributed by atoms with van der Waals surface area (Å²) in [4.78, 5) is 25.1. The Balaban J connectivity index is 1.25. The molecule has 6 aromatic rings. The number of hydrogen-bond acceptors (Lipinski definition) is 4. The average Bonchev–Trinajstić information content (AvgIpc) is 3.71. The maximum absolute atomic E-state index is 14.2. The highest BCUT2D eigenvalue weighted by Crippen LogP contribution is 2.35. The minimum absolute atomic E-state index is 0.0589. The minimum Gasteiger partial charge on any atom is -0.353 e. The zero-order valence-corrected chi connectivity index (χ0v) is 22.0. The Hall–Kier alpha value is -4.85. The lowest BCUT2D eigenvalue weighted by molar-refractivity contribution is -0.119. The van der Waals surface area contributed by atoms with E-state index < -0.39 is 0 Å². The molecule has 40 heavy (non-hydrogen) atoms. The quantitative estimate of drug-likeness (QED) is 0.216. The molecule has 7 rings (SSSR count). The summed E-state index contributed by atoms with van der Waals surface area (Å²) in [6.07, 6.45) is 9.27. The van der Waals surface area contributed by atoms with Crippen molar-refractivity contribution in [3.05, 3.63) is 84.6 Å². The maximum Gasteiger partial charge on any atom is 0.227 e. The van der Waals surface area contributed by atoms with Gasteiger partial charge in [0.1, 0.15) is 11.5 Å². The lowest BCUT2D eigenvalue weighted by Crippen LogP contribution is -2.20. The van der Waals surface area contributed by atoms with Crippen molar-refractivity contribution in [1.29, 1.82) is 0 Å². The number of nitrogens with zero attached hydrogens (tertiary/aromatic N) is 3. The third-order valence-electron chi connectivity index (χ3n) is 7.75. The van der Waals surface area contributed by atoms with E-state index in [1.54, 1.807) is 24.7 Å². The highest BCUT2D eigenvalue weighted by molar-refractivity contribution is 6.01. The van der Waals surface area contributed by atoms with Crippen molar-refractivity contribution in [3.8, 4) is 33.8 Å². The van der Waals surface area contributed by atoms with E-state index in [4.69, 9.17) is 0 Å². The number of pyridine rings is 2. The summed E-state index contributed by atoms with van der Waals surface area (Å²) in [5.41, 5.74) is 8.20. The highest BCUT2D eigenvalue weighted by Gasteiger charge is 2.23. The number of hydrogen-bond donors (Lipinski definition) is 3. The Labute approximate surface area is 229 Å². The number of nitrogens with one attached hydrogen (secondary N) is 3. The molecule has 1 amide bonds. The van der Waals surface area contributed by atoms with Gasteiger partial charge in [-0.1, -0.05) is 31.0 Å². The second-order valence-electron chi connectivity index (χ2n) is 10.6. The third kappa shape index (κ3) is 4.41. The summed E-state index contributed by atoms with van der Waals surface area (Å²) in [5.74, 6) is -0.116. The zero-order chi connectivity index (χ0) is 27.2. The largest absolute Gasteiger partial charge is 0.353 e. The number of halogens is 1. The Morgan fingerprint density at radius 1 is 0.950 bits per heavy atom. The molecule has 4 aromatic heterocycles. The molecule has 0 atom stereocenters. The van der Waals surface area contributed by atoms with Gasteiger partial charge in [0, 0.05) is 34.0 Å². The molecule has 1 fully saturated rings. The number of aromatic amines is 2. The molecule has 1 saturated carbocycles. The van der Waals surface area contributed by atoms with E-state index in [2.05, 4.69) is 36.5 Å². The standard InChI is InChI=1S/C32H27FN6O/c1-18-9-20(11-22(33)10-18)24-7-4-8-27-25(24)13-29(37-27)31-26-14-28(35-17-30(26)38-39-31)21-12-23(16-34-15-21)36-32(40)19-5-2-3-6-19/h4,7-17,19,37H,2-3,5-6H2,1H3,(H,36,40)(H,38,39). The van der Waals surface area contributed by atoms with E-state index >= 15 is 0 Å². The van der Waals surface area contributed by atoms with Crippen molar-refractivity contribution in [2.45, 2.75) is 32.6 Å². The number of H-pyrrole nitrogens is 2. The summed E-state index contributed by atoms with van der Waals surface area (Å²) in [7, 11) is 0.